The molecule has 2 fully saturated rings. The Labute approximate surface area is 205 Å². The van der Waals surface area contributed by atoms with Crippen molar-refractivity contribution in [2.45, 2.75) is 63.5 Å². The summed E-state index contributed by atoms with van der Waals surface area (Å²) in [4.78, 5) is 6.92. The lowest BCUT2D eigenvalue weighted by atomic mass is 9.81. The summed E-state index contributed by atoms with van der Waals surface area (Å²) in [6, 6.07) is 7.36. The number of aromatic amines is 1. The van der Waals surface area contributed by atoms with Gasteiger partial charge in [0.2, 0.25) is 0 Å². The van der Waals surface area contributed by atoms with Crippen molar-refractivity contribution in [2.24, 2.45) is 0 Å². The van der Waals surface area contributed by atoms with Crippen LogP contribution in [0.5, 0.6) is 5.75 Å². The summed E-state index contributed by atoms with van der Waals surface area (Å²) in [5.41, 5.74) is 6.58. The molecule has 1 saturated carbocycles. The minimum Gasteiger partial charge on any atom is -0.493 e. The van der Waals surface area contributed by atoms with E-state index < -0.39 is 0 Å². The quantitative estimate of drug-likeness (QED) is 0.434. The van der Waals surface area contributed by atoms with Crippen molar-refractivity contribution in [3.63, 3.8) is 0 Å². The molecule has 1 aromatic carbocycles. The lowest BCUT2D eigenvalue weighted by Crippen LogP contribution is -2.56. The first-order valence-electron chi connectivity index (χ1n) is 12.7. The Kier molecular flexibility index (Phi) is 5.73. The van der Waals surface area contributed by atoms with Crippen molar-refractivity contribution in [3.05, 3.63) is 42.0 Å². The molecule has 1 aliphatic carbocycles. The molecule has 0 amide bonds. The molecule has 0 bridgehead atoms. The van der Waals surface area contributed by atoms with E-state index in [9.17, 15) is 0 Å². The number of nitrogens with one attached hydrogen (secondary N) is 1. The molecule has 1 aliphatic heterocycles. The van der Waals surface area contributed by atoms with Crippen LogP contribution in [0.3, 0.4) is 0 Å². The van der Waals surface area contributed by atoms with Crippen molar-refractivity contribution in [3.8, 4) is 16.9 Å². The van der Waals surface area contributed by atoms with Gasteiger partial charge in [-0.15, -0.1) is 0 Å². The first-order valence-corrected chi connectivity index (χ1v) is 12.7. The van der Waals surface area contributed by atoms with E-state index in [0.717, 1.165) is 35.6 Å². The molecule has 8 heteroatoms. The lowest BCUT2D eigenvalue weighted by Gasteiger charge is -2.45. The number of fused-ring (bicyclic) bond motifs is 2. The Hall–Kier alpha value is -2.97. The molecular formula is C27H34N6O2. The van der Waals surface area contributed by atoms with E-state index in [1.54, 1.807) is 18.0 Å². The number of nitrogens with zero attached hydrogens (tertiary/aromatic N) is 5. The summed E-state index contributed by atoms with van der Waals surface area (Å²) < 4.78 is 12.9. The highest BCUT2D eigenvalue weighted by atomic mass is 16.5. The van der Waals surface area contributed by atoms with Crippen molar-refractivity contribution in [1.82, 2.24) is 29.7 Å². The molecule has 0 unspecified atom stereocenters. The Balaban J connectivity index is 1.31. The van der Waals surface area contributed by atoms with Crippen molar-refractivity contribution < 1.29 is 9.47 Å². The van der Waals surface area contributed by atoms with Gasteiger partial charge < -0.3 is 9.47 Å². The second-order valence-electron chi connectivity index (χ2n) is 10.4. The summed E-state index contributed by atoms with van der Waals surface area (Å²) in [6.07, 6.45) is 8.87. The van der Waals surface area contributed by atoms with Crippen molar-refractivity contribution in [2.75, 3.05) is 27.3 Å². The van der Waals surface area contributed by atoms with Gasteiger partial charge in [-0.05, 0) is 60.9 Å². The molecule has 4 aromatic rings. The Bertz CT molecular complexity index is 1340. The van der Waals surface area contributed by atoms with Gasteiger partial charge >= 0.3 is 0 Å². The van der Waals surface area contributed by atoms with Gasteiger partial charge in [0.15, 0.2) is 11.4 Å². The molecule has 0 spiro atoms. The van der Waals surface area contributed by atoms with E-state index in [-0.39, 0.29) is 0 Å². The molecular weight excluding hydrogens is 440 g/mol. The van der Waals surface area contributed by atoms with Gasteiger partial charge in [0.25, 0.3) is 0 Å². The van der Waals surface area contributed by atoms with Gasteiger partial charge in [-0.2, -0.15) is 10.2 Å². The van der Waals surface area contributed by atoms with Crippen LogP contribution in [0.15, 0.2) is 30.7 Å². The van der Waals surface area contributed by atoms with Crippen molar-refractivity contribution >= 4 is 16.6 Å². The van der Waals surface area contributed by atoms with Gasteiger partial charge in [0.05, 0.1) is 24.4 Å². The van der Waals surface area contributed by atoms with Gasteiger partial charge in [-0.1, -0.05) is 13.8 Å². The highest BCUT2D eigenvalue weighted by Crippen LogP contribution is 2.41. The zero-order chi connectivity index (χ0) is 24.1. The highest BCUT2D eigenvalue weighted by molar-refractivity contribution is 5.89. The van der Waals surface area contributed by atoms with Crippen LogP contribution in [-0.4, -0.2) is 69.2 Å². The van der Waals surface area contributed by atoms with E-state index in [0.29, 0.717) is 24.0 Å². The molecule has 35 heavy (non-hydrogen) atoms. The number of pyridine rings is 1. The van der Waals surface area contributed by atoms with E-state index >= 15 is 0 Å². The van der Waals surface area contributed by atoms with Crippen LogP contribution in [0.1, 0.15) is 62.6 Å². The standard InChI is InChI=1S/C27H34N6O2/c1-16(2)21-10-23-24(11-22(21)18-9-25(35-4)27-28-15-29-33(27)12-18)30-31-26(23)17-5-7-19(8-6-17)32-13-20(14-32)34-3/h9-12,15-17,19-20H,5-8,13-14H2,1-4H3,(H,30,31). The van der Waals surface area contributed by atoms with Gasteiger partial charge in [-0.3, -0.25) is 10.00 Å². The average Bonchev–Trinajstić information content (AvgIpc) is 3.49. The predicted octanol–water partition coefficient (Wildman–Crippen LogP) is 4.76. The predicted molar refractivity (Wildman–Crippen MR) is 136 cm³/mol. The van der Waals surface area contributed by atoms with Crippen molar-refractivity contribution in [1.29, 1.82) is 0 Å². The summed E-state index contributed by atoms with van der Waals surface area (Å²) in [5, 5.41) is 13.8. The fourth-order valence-electron chi connectivity index (χ4n) is 5.96. The zero-order valence-corrected chi connectivity index (χ0v) is 21.0. The molecule has 8 nitrogen and oxygen atoms in total. The van der Waals surface area contributed by atoms with E-state index in [1.165, 1.54) is 47.9 Å². The third-order valence-corrected chi connectivity index (χ3v) is 8.07. The average molecular weight is 475 g/mol. The molecule has 1 saturated heterocycles. The minimum atomic E-state index is 0.366. The van der Waals surface area contributed by atoms with Crippen LogP contribution in [0.4, 0.5) is 0 Å². The molecule has 0 radical (unpaired) electrons. The van der Waals surface area contributed by atoms with E-state index in [1.807, 2.05) is 13.3 Å². The third-order valence-electron chi connectivity index (χ3n) is 8.07. The molecule has 1 N–H and O–H groups in total. The van der Waals surface area contributed by atoms with Gasteiger partial charge in [0.1, 0.15) is 6.33 Å². The molecule has 3 aromatic heterocycles. The molecule has 184 valence electrons. The highest BCUT2D eigenvalue weighted by Gasteiger charge is 2.35. The monoisotopic (exact) mass is 474 g/mol. The normalized spacial score (nSPS) is 21.7. The van der Waals surface area contributed by atoms with E-state index in [4.69, 9.17) is 14.6 Å². The third kappa shape index (κ3) is 3.89. The second-order valence-corrected chi connectivity index (χ2v) is 10.4. The number of aromatic nitrogens is 5. The number of methoxy groups -OCH3 is 2. The fourth-order valence-corrected chi connectivity index (χ4v) is 5.96. The first-order chi connectivity index (χ1) is 17.1. The van der Waals surface area contributed by atoms with Crippen LogP contribution in [0.2, 0.25) is 0 Å². The first kappa shape index (κ1) is 22.5. The maximum atomic E-state index is 5.62. The summed E-state index contributed by atoms with van der Waals surface area (Å²) >= 11 is 0. The number of hydrogen-bond acceptors (Lipinski definition) is 6. The van der Waals surface area contributed by atoms with Crippen LogP contribution in [0.25, 0.3) is 27.7 Å². The van der Waals surface area contributed by atoms with Gasteiger partial charge in [-0.25, -0.2) is 9.50 Å². The lowest BCUT2D eigenvalue weighted by molar-refractivity contribution is -0.0579. The van der Waals surface area contributed by atoms with E-state index in [2.05, 4.69) is 52.1 Å². The SMILES string of the molecule is COc1cc(-c2cc3[nH]nc(C4CCC(N5CC(OC)C5)CC4)c3cc2C(C)C)cn2ncnc12. The van der Waals surface area contributed by atoms with Crippen LogP contribution < -0.4 is 4.74 Å². The van der Waals surface area contributed by atoms with Crippen LogP contribution in [0, 0.1) is 0 Å². The Morgan fingerprint density at radius 2 is 1.86 bits per heavy atom. The molecule has 0 atom stereocenters. The number of likely N-dealkylation sites (tertiary alicyclic amines) is 1. The van der Waals surface area contributed by atoms with Gasteiger partial charge in [0, 0.05) is 49.3 Å². The van der Waals surface area contributed by atoms with Crippen LogP contribution in [-0.2, 0) is 4.74 Å². The topological polar surface area (TPSA) is 80.6 Å². The molecule has 6 rings (SSSR count). The molecule has 4 heterocycles. The maximum absolute atomic E-state index is 5.62. The zero-order valence-electron chi connectivity index (χ0n) is 21.0. The molecule has 2 aliphatic rings. The number of rotatable bonds is 6. The largest absolute Gasteiger partial charge is 0.493 e. The maximum Gasteiger partial charge on any atom is 0.197 e. The number of hydrogen-bond donors (Lipinski definition) is 1. The number of benzene rings is 1. The second kappa shape index (κ2) is 8.91. The number of H-pyrrole nitrogens is 1. The minimum absolute atomic E-state index is 0.366. The Morgan fingerprint density at radius 3 is 2.57 bits per heavy atom. The fraction of sp³-hybridized carbons (Fsp3) is 0.519. The smallest absolute Gasteiger partial charge is 0.197 e. The summed E-state index contributed by atoms with van der Waals surface area (Å²) in [6.45, 7) is 6.67. The number of ether oxygens (including phenoxy) is 2. The summed E-state index contributed by atoms with van der Waals surface area (Å²) in [5.74, 6) is 1.60. The van der Waals surface area contributed by atoms with Crippen LogP contribution >= 0.6 is 0 Å². The summed E-state index contributed by atoms with van der Waals surface area (Å²) in [7, 11) is 3.50. The Morgan fingerprint density at radius 1 is 1.06 bits per heavy atom.